The second-order valence-corrected chi connectivity index (χ2v) is 4.62. The van der Waals surface area contributed by atoms with Gasteiger partial charge in [0.15, 0.2) is 5.78 Å². The topological polar surface area (TPSA) is 69.4 Å². The van der Waals surface area contributed by atoms with E-state index < -0.39 is 22.8 Å². The predicted molar refractivity (Wildman–Crippen MR) is 79.6 cm³/mol. The molecule has 0 heterocycles. The molecule has 0 N–H and O–H groups in total. The first-order valence-corrected chi connectivity index (χ1v) is 6.57. The van der Waals surface area contributed by atoms with Crippen LogP contribution in [0.15, 0.2) is 54.6 Å². The lowest BCUT2D eigenvalue weighted by molar-refractivity contribution is -0.384. The number of ketones is 1. The first-order valence-electron chi connectivity index (χ1n) is 6.57. The quantitative estimate of drug-likeness (QED) is 0.351. The molecule has 0 saturated heterocycles. The second kappa shape index (κ2) is 6.95. The number of nitrogens with zero attached hydrogens (tertiary/aromatic N) is 1. The Labute approximate surface area is 134 Å². The van der Waals surface area contributed by atoms with E-state index in [1.165, 1.54) is 42.5 Å². The summed E-state index contributed by atoms with van der Waals surface area (Å²) in [6.45, 7) is 0. The minimum absolute atomic E-state index is 0.0231. The number of benzene rings is 2. The fourth-order valence-electron chi connectivity index (χ4n) is 1.82. The summed E-state index contributed by atoms with van der Waals surface area (Å²) >= 11 is 0. The van der Waals surface area contributed by atoms with Crippen LogP contribution >= 0.6 is 0 Å². The number of hydrogen-bond acceptors (Lipinski definition) is 4. The lowest BCUT2D eigenvalue weighted by Crippen LogP contribution is -2.17. The minimum atomic E-state index is -4.84. The average molecular weight is 337 g/mol. The molecule has 2 rings (SSSR count). The van der Waals surface area contributed by atoms with E-state index in [0.29, 0.717) is 5.56 Å². The number of halogens is 3. The van der Waals surface area contributed by atoms with Crippen molar-refractivity contribution in [2.75, 3.05) is 0 Å². The molecule has 0 atom stereocenters. The third kappa shape index (κ3) is 4.94. The Kier molecular flexibility index (Phi) is 4.98. The van der Waals surface area contributed by atoms with E-state index in [1.807, 2.05) is 0 Å². The molecule has 0 aliphatic carbocycles. The maximum Gasteiger partial charge on any atom is 0.573 e. The number of alkyl halides is 3. The van der Waals surface area contributed by atoms with Gasteiger partial charge in [-0.3, -0.25) is 14.9 Å². The molecule has 0 bridgehead atoms. The van der Waals surface area contributed by atoms with Gasteiger partial charge in [0.2, 0.25) is 0 Å². The van der Waals surface area contributed by atoms with E-state index in [-0.39, 0.29) is 11.3 Å². The van der Waals surface area contributed by atoms with Crippen LogP contribution in [0.3, 0.4) is 0 Å². The zero-order valence-electron chi connectivity index (χ0n) is 12.0. The van der Waals surface area contributed by atoms with Crippen LogP contribution in [0, 0.1) is 10.1 Å². The number of nitro benzene ring substituents is 1. The van der Waals surface area contributed by atoms with Gasteiger partial charge >= 0.3 is 6.36 Å². The van der Waals surface area contributed by atoms with Gasteiger partial charge in [-0.15, -0.1) is 13.2 Å². The third-order valence-corrected chi connectivity index (χ3v) is 2.88. The molecule has 0 aromatic heterocycles. The SMILES string of the molecule is O=C(/C=C/c1ccc([N+](=O)[O-])cc1)c1cccc(OC(F)(F)F)c1. The van der Waals surface area contributed by atoms with E-state index in [1.54, 1.807) is 0 Å². The van der Waals surface area contributed by atoms with Crippen LogP contribution in [0.2, 0.25) is 0 Å². The zero-order valence-corrected chi connectivity index (χ0v) is 12.0. The maximum atomic E-state index is 12.2. The largest absolute Gasteiger partial charge is 0.573 e. The Hall–Kier alpha value is -3.16. The van der Waals surface area contributed by atoms with Crippen LogP contribution in [-0.2, 0) is 0 Å². The fourth-order valence-corrected chi connectivity index (χ4v) is 1.82. The molecule has 124 valence electrons. The van der Waals surface area contributed by atoms with Gasteiger partial charge < -0.3 is 4.74 Å². The van der Waals surface area contributed by atoms with Gasteiger partial charge in [-0.05, 0) is 35.9 Å². The molecule has 0 unspecified atom stereocenters. The molecule has 24 heavy (non-hydrogen) atoms. The summed E-state index contributed by atoms with van der Waals surface area (Å²) in [6, 6.07) is 10.2. The standard InChI is InChI=1S/C16H10F3NO4/c17-16(18,19)24-14-3-1-2-12(10-14)15(21)9-6-11-4-7-13(8-5-11)20(22)23/h1-10H/b9-6+. The van der Waals surface area contributed by atoms with E-state index >= 15 is 0 Å². The molecular weight excluding hydrogens is 327 g/mol. The van der Waals surface area contributed by atoms with E-state index in [9.17, 15) is 28.1 Å². The van der Waals surface area contributed by atoms with Crippen molar-refractivity contribution in [3.63, 3.8) is 0 Å². The summed E-state index contributed by atoms with van der Waals surface area (Å²) in [5.74, 6) is -1.02. The summed E-state index contributed by atoms with van der Waals surface area (Å²) in [7, 11) is 0. The smallest absolute Gasteiger partial charge is 0.406 e. The van der Waals surface area contributed by atoms with Crippen LogP contribution in [0.1, 0.15) is 15.9 Å². The molecule has 2 aromatic carbocycles. The molecule has 8 heteroatoms. The number of hydrogen-bond donors (Lipinski definition) is 0. The van der Waals surface area contributed by atoms with Gasteiger partial charge in [-0.25, -0.2) is 0 Å². The fraction of sp³-hybridized carbons (Fsp3) is 0.0625. The summed E-state index contributed by atoms with van der Waals surface area (Å²) in [6.07, 6.45) is -2.27. The van der Waals surface area contributed by atoms with E-state index in [0.717, 1.165) is 18.2 Å². The normalized spacial score (nSPS) is 11.5. The van der Waals surface area contributed by atoms with Crippen molar-refractivity contribution in [2.24, 2.45) is 0 Å². The zero-order chi connectivity index (χ0) is 17.7. The van der Waals surface area contributed by atoms with Crippen LogP contribution < -0.4 is 4.74 Å². The van der Waals surface area contributed by atoms with Crippen molar-refractivity contribution in [1.82, 2.24) is 0 Å². The highest BCUT2D eigenvalue weighted by molar-refractivity contribution is 6.07. The third-order valence-electron chi connectivity index (χ3n) is 2.88. The number of nitro groups is 1. The molecule has 0 amide bonds. The molecular formula is C16H10F3NO4. The van der Waals surface area contributed by atoms with Gasteiger partial charge in [0.05, 0.1) is 4.92 Å². The van der Waals surface area contributed by atoms with Gasteiger partial charge in [-0.2, -0.15) is 0 Å². The first kappa shape index (κ1) is 17.2. The highest BCUT2D eigenvalue weighted by Crippen LogP contribution is 2.23. The Morgan fingerprint density at radius 2 is 1.79 bits per heavy atom. The van der Waals surface area contributed by atoms with E-state index in [2.05, 4.69) is 4.74 Å². The Balaban J connectivity index is 2.11. The summed E-state index contributed by atoms with van der Waals surface area (Å²) < 4.78 is 40.2. The number of carbonyl (C=O) groups is 1. The highest BCUT2D eigenvalue weighted by atomic mass is 19.4. The monoisotopic (exact) mass is 337 g/mol. The van der Waals surface area contributed by atoms with Gasteiger partial charge in [0.1, 0.15) is 5.75 Å². The Bertz CT molecular complexity index is 783. The van der Waals surface area contributed by atoms with Crippen molar-refractivity contribution >= 4 is 17.5 Å². The molecule has 0 aliphatic rings. The number of allylic oxidation sites excluding steroid dienone is 1. The van der Waals surface area contributed by atoms with Crippen LogP contribution in [0.5, 0.6) is 5.75 Å². The molecule has 5 nitrogen and oxygen atoms in total. The van der Waals surface area contributed by atoms with Crippen molar-refractivity contribution in [1.29, 1.82) is 0 Å². The molecule has 0 saturated carbocycles. The van der Waals surface area contributed by atoms with E-state index in [4.69, 9.17) is 0 Å². The van der Waals surface area contributed by atoms with Gasteiger partial charge in [0.25, 0.3) is 5.69 Å². The van der Waals surface area contributed by atoms with Crippen LogP contribution in [-0.4, -0.2) is 17.1 Å². The first-order chi connectivity index (χ1) is 11.2. The minimum Gasteiger partial charge on any atom is -0.406 e. The van der Waals surface area contributed by atoms with Gasteiger partial charge in [-0.1, -0.05) is 18.2 Å². The highest BCUT2D eigenvalue weighted by Gasteiger charge is 2.31. The van der Waals surface area contributed by atoms with Crippen molar-refractivity contribution in [3.8, 4) is 5.75 Å². The molecule has 0 radical (unpaired) electrons. The number of ether oxygens (including phenoxy) is 1. The number of carbonyl (C=O) groups excluding carboxylic acids is 1. The van der Waals surface area contributed by atoms with Crippen molar-refractivity contribution in [3.05, 3.63) is 75.8 Å². The van der Waals surface area contributed by atoms with Gasteiger partial charge in [0, 0.05) is 17.7 Å². The Morgan fingerprint density at radius 1 is 1.12 bits per heavy atom. The van der Waals surface area contributed by atoms with Crippen molar-refractivity contribution in [2.45, 2.75) is 6.36 Å². The molecule has 2 aromatic rings. The Morgan fingerprint density at radius 3 is 2.38 bits per heavy atom. The van der Waals surface area contributed by atoms with Crippen molar-refractivity contribution < 1.29 is 27.6 Å². The number of rotatable bonds is 5. The maximum absolute atomic E-state index is 12.2. The summed E-state index contributed by atoms with van der Waals surface area (Å²) in [4.78, 5) is 22.0. The molecule has 0 fully saturated rings. The average Bonchev–Trinajstić information content (AvgIpc) is 2.51. The predicted octanol–water partition coefficient (Wildman–Crippen LogP) is 4.39. The van der Waals surface area contributed by atoms with Crippen LogP contribution in [0.4, 0.5) is 18.9 Å². The number of non-ortho nitro benzene ring substituents is 1. The molecule has 0 aliphatic heterocycles. The summed E-state index contributed by atoms with van der Waals surface area (Å²) in [5.41, 5.74) is 0.474. The lowest BCUT2D eigenvalue weighted by Gasteiger charge is -2.09. The molecule has 0 spiro atoms. The second-order valence-electron chi connectivity index (χ2n) is 4.62. The lowest BCUT2D eigenvalue weighted by atomic mass is 10.1. The summed E-state index contributed by atoms with van der Waals surface area (Å²) in [5, 5.41) is 10.5. The van der Waals surface area contributed by atoms with Crippen LogP contribution in [0.25, 0.3) is 6.08 Å².